The fourth-order valence-corrected chi connectivity index (χ4v) is 5.66. The van der Waals surface area contributed by atoms with Crippen LogP contribution in [-0.4, -0.2) is 27.1 Å². The molecule has 0 aliphatic carbocycles. The summed E-state index contributed by atoms with van der Waals surface area (Å²) in [5.41, 5.74) is 0.405. The van der Waals surface area contributed by atoms with Gasteiger partial charge in [-0.05, 0) is 28.4 Å². The summed E-state index contributed by atoms with van der Waals surface area (Å²) >= 11 is 6.82. The largest absolute Gasteiger partial charge is 0.387 e. The normalized spacial score (nSPS) is 26.0. The van der Waals surface area contributed by atoms with Gasteiger partial charge in [-0.2, -0.15) is 23.5 Å². The molecule has 1 nitrogen and oxygen atoms in total. The van der Waals surface area contributed by atoms with Crippen LogP contribution in [0.5, 0.6) is 0 Å². The van der Waals surface area contributed by atoms with Crippen molar-refractivity contribution < 1.29 is 9.50 Å². The molecule has 1 aliphatic rings. The number of thioether (sulfide) groups is 2. The molecule has 1 heterocycles. The molecule has 1 aromatic carbocycles. The zero-order valence-corrected chi connectivity index (χ0v) is 13.3. The zero-order chi connectivity index (χ0) is 13.1. The standard InChI is InChI=1S/C13H16BrFOS2/c1-2-10-13(18-7-6-17-10)12(16)8-4-3-5-9(14)11(8)15/h3-5,10,12-13,16H,2,6-7H2,1H3. The minimum Gasteiger partial charge on any atom is -0.387 e. The van der Waals surface area contributed by atoms with Crippen molar-refractivity contribution >= 4 is 39.5 Å². The first-order chi connectivity index (χ1) is 8.65. The molecule has 1 fully saturated rings. The van der Waals surface area contributed by atoms with Gasteiger partial charge in [0.05, 0.1) is 10.6 Å². The van der Waals surface area contributed by atoms with Crippen LogP contribution in [0.3, 0.4) is 0 Å². The monoisotopic (exact) mass is 350 g/mol. The van der Waals surface area contributed by atoms with Crippen LogP contribution < -0.4 is 0 Å². The van der Waals surface area contributed by atoms with E-state index < -0.39 is 6.10 Å². The highest BCUT2D eigenvalue weighted by Crippen LogP contribution is 2.41. The molecule has 0 spiro atoms. The van der Waals surface area contributed by atoms with Crippen LogP contribution in [0.2, 0.25) is 0 Å². The van der Waals surface area contributed by atoms with Crippen molar-refractivity contribution in [2.24, 2.45) is 0 Å². The highest BCUT2D eigenvalue weighted by atomic mass is 79.9. The maximum absolute atomic E-state index is 14.0. The summed E-state index contributed by atoms with van der Waals surface area (Å²) in [6.07, 6.45) is 0.278. The Kier molecular flexibility index (Phi) is 5.42. The molecule has 0 amide bonds. The van der Waals surface area contributed by atoms with E-state index in [0.29, 0.717) is 15.3 Å². The second-order valence-electron chi connectivity index (χ2n) is 4.24. The molecule has 2 rings (SSSR count). The second kappa shape index (κ2) is 6.64. The number of rotatable bonds is 3. The van der Waals surface area contributed by atoms with Crippen LogP contribution in [-0.2, 0) is 0 Å². The van der Waals surface area contributed by atoms with E-state index in [1.807, 2.05) is 11.8 Å². The molecule has 0 radical (unpaired) electrons. The van der Waals surface area contributed by atoms with E-state index >= 15 is 0 Å². The van der Waals surface area contributed by atoms with Crippen molar-refractivity contribution in [3.8, 4) is 0 Å². The fraction of sp³-hybridized carbons (Fsp3) is 0.538. The zero-order valence-electron chi connectivity index (χ0n) is 10.1. The van der Waals surface area contributed by atoms with Crippen LogP contribution >= 0.6 is 39.5 Å². The third-order valence-electron chi connectivity index (χ3n) is 3.11. The highest BCUT2D eigenvalue weighted by molar-refractivity contribution is 9.10. The Balaban J connectivity index is 2.23. The summed E-state index contributed by atoms with van der Waals surface area (Å²) in [6, 6.07) is 5.11. The highest BCUT2D eigenvalue weighted by Gasteiger charge is 2.33. The van der Waals surface area contributed by atoms with E-state index in [-0.39, 0.29) is 11.1 Å². The first-order valence-electron chi connectivity index (χ1n) is 6.00. The van der Waals surface area contributed by atoms with Gasteiger partial charge in [-0.25, -0.2) is 4.39 Å². The van der Waals surface area contributed by atoms with Crippen LogP contribution in [0.4, 0.5) is 4.39 Å². The van der Waals surface area contributed by atoms with Crippen molar-refractivity contribution in [3.63, 3.8) is 0 Å². The van der Waals surface area contributed by atoms with Crippen molar-refractivity contribution in [2.75, 3.05) is 11.5 Å². The van der Waals surface area contributed by atoms with Gasteiger partial charge in [0.25, 0.3) is 0 Å². The van der Waals surface area contributed by atoms with Gasteiger partial charge in [-0.3, -0.25) is 0 Å². The summed E-state index contributed by atoms with van der Waals surface area (Å²) in [5, 5.41) is 10.9. The smallest absolute Gasteiger partial charge is 0.143 e. The minimum atomic E-state index is -0.731. The van der Waals surface area contributed by atoms with Gasteiger partial charge in [0.15, 0.2) is 0 Å². The molecule has 0 aromatic heterocycles. The Labute approximate surface area is 124 Å². The van der Waals surface area contributed by atoms with Crippen LogP contribution in [0.15, 0.2) is 22.7 Å². The molecular formula is C13H16BrFOS2. The summed E-state index contributed by atoms with van der Waals surface area (Å²) in [7, 11) is 0. The van der Waals surface area contributed by atoms with Crippen molar-refractivity contribution in [2.45, 2.75) is 29.9 Å². The summed E-state index contributed by atoms with van der Waals surface area (Å²) in [4.78, 5) is 0. The lowest BCUT2D eigenvalue weighted by Crippen LogP contribution is -2.31. The van der Waals surface area contributed by atoms with Gasteiger partial charge in [0.1, 0.15) is 5.82 Å². The van der Waals surface area contributed by atoms with E-state index in [1.165, 1.54) is 0 Å². The number of hydrogen-bond acceptors (Lipinski definition) is 3. The summed E-state index contributed by atoms with van der Waals surface area (Å²) in [6.45, 7) is 2.13. The van der Waals surface area contributed by atoms with E-state index in [0.717, 1.165) is 17.9 Å². The Morgan fingerprint density at radius 1 is 1.44 bits per heavy atom. The Hall–Kier alpha value is 0.290. The topological polar surface area (TPSA) is 20.2 Å². The lowest BCUT2D eigenvalue weighted by Gasteiger charge is -2.33. The molecule has 0 bridgehead atoms. The molecule has 1 N–H and O–H groups in total. The molecule has 1 aromatic rings. The Bertz CT molecular complexity index is 416. The Morgan fingerprint density at radius 2 is 2.17 bits per heavy atom. The van der Waals surface area contributed by atoms with Gasteiger partial charge >= 0.3 is 0 Å². The fourth-order valence-electron chi connectivity index (χ4n) is 2.16. The predicted molar refractivity (Wildman–Crippen MR) is 81.8 cm³/mol. The molecule has 1 aliphatic heterocycles. The SMILES string of the molecule is CCC1SCCSC1C(O)c1cccc(Br)c1F. The second-order valence-corrected chi connectivity index (χ2v) is 7.73. The average Bonchev–Trinajstić information content (AvgIpc) is 2.41. The molecule has 18 heavy (non-hydrogen) atoms. The van der Waals surface area contributed by atoms with Gasteiger partial charge < -0.3 is 5.11 Å². The molecule has 3 unspecified atom stereocenters. The number of halogens is 2. The van der Waals surface area contributed by atoms with Gasteiger partial charge in [-0.15, -0.1) is 0 Å². The number of hydrogen-bond donors (Lipinski definition) is 1. The van der Waals surface area contributed by atoms with Crippen LogP contribution in [0.25, 0.3) is 0 Å². The number of aliphatic hydroxyl groups is 1. The lowest BCUT2D eigenvalue weighted by atomic mass is 10.0. The minimum absolute atomic E-state index is 0.0811. The molecule has 3 atom stereocenters. The molecule has 100 valence electrons. The van der Waals surface area contributed by atoms with Crippen molar-refractivity contribution in [3.05, 3.63) is 34.1 Å². The number of aliphatic hydroxyl groups excluding tert-OH is 1. The molecule has 1 saturated heterocycles. The maximum Gasteiger partial charge on any atom is 0.143 e. The van der Waals surface area contributed by atoms with Crippen LogP contribution in [0, 0.1) is 5.82 Å². The van der Waals surface area contributed by atoms with E-state index in [9.17, 15) is 9.50 Å². The van der Waals surface area contributed by atoms with Gasteiger partial charge in [0, 0.05) is 27.6 Å². The number of benzene rings is 1. The first kappa shape index (κ1) is 14.7. The van der Waals surface area contributed by atoms with Crippen molar-refractivity contribution in [1.29, 1.82) is 0 Å². The first-order valence-corrected chi connectivity index (χ1v) is 8.89. The van der Waals surface area contributed by atoms with Crippen molar-refractivity contribution in [1.82, 2.24) is 0 Å². The molecule has 0 saturated carbocycles. The average molecular weight is 351 g/mol. The lowest BCUT2D eigenvalue weighted by molar-refractivity contribution is 0.167. The van der Waals surface area contributed by atoms with Gasteiger partial charge in [0.2, 0.25) is 0 Å². The third kappa shape index (κ3) is 3.06. The molecule has 5 heteroatoms. The third-order valence-corrected chi connectivity index (χ3v) is 7.05. The predicted octanol–water partition coefficient (Wildman–Crippen LogP) is 4.25. The van der Waals surface area contributed by atoms with Gasteiger partial charge in [-0.1, -0.05) is 19.1 Å². The Morgan fingerprint density at radius 3 is 2.89 bits per heavy atom. The van der Waals surface area contributed by atoms with Crippen LogP contribution in [0.1, 0.15) is 25.0 Å². The summed E-state index contributed by atoms with van der Waals surface area (Å²) in [5.74, 6) is 1.81. The molecular weight excluding hydrogens is 335 g/mol. The van der Waals surface area contributed by atoms with E-state index in [4.69, 9.17) is 0 Å². The maximum atomic E-state index is 14.0. The van der Waals surface area contributed by atoms with E-state index in [1.54, 1.807) is 30.0 Å². The quantitative estimate of drug-likeness (QED) is 0.879. The van der Waals surface area contributed by atoms with E-state index in [2.05, 4.69) is 22.9 Å². The summed E-state index contributed by atoms with van der Waals surface area (Å²) < 4.78 is 14.4.